The highest BCUT2D eigenvalue weighted by Crippen LogP contribution is 2.38. The molecule has 0 bridgehead atoms. The molecule has 1 saturated carbocycles. The summed E-state index contributed by atoms with van der Waals surface area (Å²) < 4.78 is 3.17. The van der Waals surface area contributed by atoms with Gasteiger partial charge in [-0.05, 0) is 25.1 Å². The van der Waals surface area contributed by atoms with Crippen molar-refractivity contribution in [2.24, 2.45) is 0 Å². The first-order chi connectivity index (χ1) is 6.00. The highest BCUT2D eigenvalue weighted by molar-refractivity contribution is 7.71. The lowest BCUT2D eigenvalue weighted by molar-refractivity contribution is 0.518. The average Bonchev–Trinajstić information content (AvgIpc) is 2.73. The molecule has 1 fully saturated rings. The van der Waals surface area contributed by atoms with Gasteiger partial charge in [0, 0.05) is 23.3 Å². The Morgan fingerprint density at radius 1 is 1.46 bits per heavy atom. The van der Waals surface area contributed by atoms with Crippen molar-refractivity contribution in [2.45, 2.75) is 45.1 Å². The van der Waals surface area contributed by atoms with E-state index in [1.165, 1.54) is 18.5 Å². The first-order valence-electron chi connectivity index (χ1n) is 4.80. The predicted octanol–water partition coefficient (Wildman–Crippen LogP) is 3.18. The second kappa shape index (κ2) is 2.71. The molecule has 0 aromatic carbocycles. The van der Waals surface area contributed by atoms with E-state index >= 15 is 0 Å². The summed E-state index contributed by atoms with van der Waals surface area (Å²) in [6.07, 6.45) is 4.63. The predicted molar refractivity (Wildman–Crippen MR) is 56.6 cm³/mol. The van der Waals surface area contributed by atoms with E-state index < -0.39 is 0 Å². The summed E-state index contributed by atoms with van der Waals surface area (Å²) in [5, 5.41) is 0. The molecule has 1 N–H and O–H groups in total. The van der Waals surface area contributed by atoms with Gasteiger partial charge in [0.1, 0.15) is 0 Å². The number of aromatic amines is 1. The van der Waals surface area contributed by atoms with Crippen molar-refractivity contribution >= 4 is 12.2 Å². The van der Waals surface area contributed by atoms with E-state index in [-0.39, 0.29) is 5.41 Å². The normalized spacial score (nSPS) is 17.8. The topological polar surface area (TPSA) is 20.7 Å². The maximum Gasteiger partial charge on any atom is 0.177 e. The summed E-state index contributed by atoms with van der Waals surface area (Å²) in [4.78, 5) is 3.14. The van der Waals surface area contributed by atoms with Crippen molar-refractivity contribution in [3.63, 3.8) is 0 Å². The van der Waals surface area contributed by atoms with Crippen molar-refractivity contribution in [3.05, 3.63) is 16.7 Å². The molecule has 1 aliphatic rings. The molecule has 0 spiro atoms. The van der Waals surface area contributed by atoms with Gasteiger partial charge in [-0.3, -0.25) is 0 Å². The van der Waals surface area contributed by atoms with Gasteiger partial charge in [0.2, 0.25) is 0 Å². The Morgan fingerprint density at radius 2 is 2.08 bits per heavy atom. The molecule has 3 heteroatoms. The van der Waals surface area contributed by atoms with Crippen LogP contribution in [0.1, 0.15) is 45.3 Å². The average molecular weight is 196 g/mol. The zero-order valence-corrected chi connectivity index (χ0v) is 9.24. The molecule has 1 aromatic heterocycles. The van der Waals surface area contributed by atoms with Crippen LogP contribution in [0, 0.1) is 4.77 Å². The summed E-state index contributed by atoms with van der Waals surface area (Å²) >= 11 is 5.27. The van der Waals surface area contributed by atoms with E-state index in [1.807, 2.05) is 0 Å². The van der Waals surface area contributed by atoms with Crippen LogP contribution in [0.4, 0.5) is 0 Å². The monoisotopic (exact) mass is 196 g/mol. The van der Waals surface area contributed by atoms with Crippen molar-refractivity contribution < 1.29 is 0 Å². The molecule has 0 aliphatic heterocycles. The third-order valence-electron chi connectivity index (χ3n) is 2.49. The number of imidazole rings is 1. The van der Waals surface area contributed by atoms with Crippen LogP contribution in [0.15, 0.2) is 6.20 Å². The van der Waals surface area contributed by atoms with Crippen LogP contribution in [-0.2, 0) is 5.41 Å². The zero-order chi connectivity index (χ0) is 9.64. The summed E-state index contributed by atoms with van der Waals surface area (Å²) in [5.74, 6) is 0. The van der Waals surface area contributed by atoms with Crippen LogP contribution in [0.5, 0.6) is 0 Å². The van der Waals surface area contributed by atoms with Gasteiger partial charge in [-0.1, -0.05) is 20.8 Å². The zero-order valence-electron chi connectivity index (χ0n) is 8.42. The fraction of sp³-hybridized carbons (Fsp3) is 0.700. The molecule has 0 radical (unpaired) electrons. The number of aromatic nitrogens is 2. The van der Waals surface area contributed by atoms with E-state index in [4.69, 9.17) is 12.2 Å². The summed E-state index contributed by atoms with van der Waals surface area (Å²) in [6.45, 7) is 6.68. The third kappa shape index (κ3) is 1.57. The van der Waals surface area contributed by atoms with Crippen molar-refractivity contribution in [3.8, 4) is 0 Å². The minimum Gasteiger partial charge on any atom is -0.337 e. The van der Waals surface area contributed by atoms with Gasteiger partial charge in [-0.25, -0.2) is 0 Å². The quantitative estimate of drug-likeness (QED) is 0.684. The van der Waals surface area contributed by atoms with Crippen molar-refractivity contribution in [1.82, 2.24) is 9.55 Å². The lowest BCUT2D eigenvalue weighted by atomic mass is 9.92. The van der Waals surface area contributed by atoms with Gasteiger partial charge in [0.25, 0.3) is 0 Å². The molecule has 2 nitrogen and oxygen atoms in total. The Morgan fingerprint density at radius 3 is 2.54 bits per heavy atom. The molecular weight excluding hydrogens is 180 g/mol. The van der Waals surface area contributed by atoms with Gasteiger partial charge >= 0.3 is 0 Å². The molecule has 2 rings (SSSR count). The molecule has 13 heavy (non-hydrogen) atoms. The van der Waals surface area contributed by atoms with Crippen LogP contribution in [-0.4, -0.2) is 9.55 Å². The molecule has 72 valence electrons. The third-order valence-corrected chi connectivity index (χ3v) is 2.81. The van der Waals surface area contributed by atoms with Crippen LogP contribution < -0.4 is 0 Å². The Bertz CT molecular complexity index is 363. The molecule has 1 heterocycles. The molecule has 0 unspecified atom stereocenters. The fourth-order valence-corrected chi connectivity index (χ4v) is 1.96. The molecule has 0 amide bonds. The number of rotatable bonds is 1. The maximum absolute atomic E-state index is 5.27. The standard InChI is InChI=1S/C10H16N2S/c1-10(2,3)8-6-11-9(13)12(8)7-4-5-7/h6-7H,4-5H2,1-3H3,(H,11,13). The van der Waals surface area contributed by atoms with E-state index in [1.54, 1.807) is 0 Å². The smallest absolute Gasteiger partial charge is 0.177 e. The second-order valence-corrected chi connectivity index (χ2v) is 5.22. The highest BCUT2D eigenvalue weighted by Gasteiger charge is 2.29. The lowest BCUT2D eigenvalue weighted by Crippen LogP contribution is -2.17. The minimum atomic E-state index is 0.191. The van der Waals surface area contributed by atoms with Crippen LogP contribution >= 0.6 is 12.2 Å². The largest absolute Gasteiger partial charge is 0.337 e. The van der Waals surface area contributed by atoms with Crippen LogP contribution in [0.2, 0.25) is 0 Å². The van der Waals surface area contributed by atoms with Crippen molar-refractivity contribution in [2.75, 3.05) is 0 Å². The first-order valence-corrected chi connectivity index (χ1v) is 5.21. The van der Waals surface area contributed by atoms with Crippen LogP contribution in [0.3, 0.4) is 0 Å². The summed E-state index contributed by atoms with van der Waals surface area (Å²) in [5.41, 5.74) is 1.52. The number of hydrogen-bond donors (Lipinski definition) is 1. The Balaban J connectivity index is 2.51. The molecule has 1 aromatic rings. The SMILES string of the molecule is CC(C)(C)c1c[nH]c(=S)n1C1CC1. The van der Waals surface area contributed by atoms with E-state index in [9.17, 15) is 0 Å². The van der Waals surface area contributed by atoms with Crippen molar-refractivity contribution in [1.29, 1.82) is 0 Å². The van der Waals surface area contributed by atoms with E-state index in [0.717, 1.165) is 4.77 Å². The minimum absolute atomic E-state index is 0.191. The summed E-state index contributed by atoms with van der Waals surface area (Å²) in [6, 6.07) is 0.674. The molecule has 1 aliphatic carbocycles. The molecule has 0 atom stereocenters. The van der Waals surface area contributed by atoms with Gasteiger partial charge < -0.3 is 9.55 Å². The van der Waals surface area contributed by atoms with Gasteiger partial charge in [-0.2, -0.15) is 0 Å². The Kier molecular flexibility index (Phi) is 1.88. The van der Waals surface area contributed by atoms with Gasteiger partial charge in [0.05, 0.1) is 0 Å². The van der Waals surface area contributed by atoms with E-state index in [2.05, 4.69) is 36.5 Å². The molecule has 0 saturated heterocycles. The van der Waals surface area contributed by atoms with Gasteiger partial charge in [0.15, 0.2) is 4.77 Å². The lowest BCUT2D eigenvalue weighted by Gasteiger charge is -2.20. The Labute approximate surface area is 84.0 Å². The second-order valence-electron chi connectivity index (χ2n) is 4.83. The van der Waals surface area contributed by atoms with Crippen LogP contribution in [0.25, 0.3) is 0 Å². The maximum atomic E-state index is 5.27. The fourth-order valence-electron chi connectivity index (χ4n) is 1.65. The summed E-state index contributed by atoms with van der Waals surface area (Å²) in [7, 11) is 0. The number of H-pyrrole nitrogens is 1. The van der Waals surface area contributed by atoms with E-state index in [0.29, 0.717) is 6.04 Å². The number of hydrogen-bond acceptors (Lipinski definition) is 1. The molecular formula is C10H16N2S. The number of nitrogens with one attached hydrogen (secondary N) is 1. The number of nitrogens with zero attached hydrogens (tertiary/aromatic N) is 1. The van der Waals surface area contributed by atoms with Gasteiger partial charge in [-0.15, -0.1) is 0 Å². The Hall–Kier alpha value is -0.570. The first kappa shape index (κ1) is 9.00. The highest BCUT2D eigenvalue weighted by atomic mass is 32.1.